The van der Waals surface area contributed by atoms with Gasteiger partial charge in [-0.05, 0) is 43.5 Å². The molecule has 5 heteroatoms. The molecule has 3 rings (SSSR count). The van der Waals surface area contributed by atoms with E-state index in [0.717, 1.165) is 31.4 Å². The Balaban J connectivity index is 1.89. The quantitative estimate of drug-likeness (QED) is 0.813. The topological polar surface area (TPSA) is 58.2 Å². The number of fused-ring (bicyclic) bond motifs is 1. The lowest BCUT2D eigenvalue weighted by molar-refractivity contribution is -0.116. The molecule has 0 aromatic heterocycles. The molecular formula is C15H17FN2O2. The van der Waals surface area contributed by atoms with E-state index in [-0.39, 0.29) is 23.3 Å². The average Bonchev–Trinajstić information content (AvgIpc) is 2.46. The molecule has 0 spiro atoms. The third-order valence-electron chi connectivity index (χ3n) is 3.98. The highest BCUT2D eigenvalue weighted by Gasteiger charge is 2.26. The molecule has 0 bridgehead atoms. The number of halogens is 1. The van der Waals surface area contributed by atoms with Crippen LogP contribution in [-0.2, 0) is 11.2 Å². The van der Waals surface area contributed by atoms with E-state index < -0.39 is 5.82 Å². The van der Waals surface area contributed by atoms with Crippen molar-refractivity contribution in [2.75, 3.05) is 11.9 Å². The van der Waals surface area contributed by atoms with Crippen LogP contribution in [0.3, 0.4) is 0 Å². The van der Waals surface area contributed by atoms with Crippen LogP contribution in [-0.4, -0.2) is 24.3 Å². The molecule has 2 aliphatic rings. The van der Waals surface area contributed by atoms with Gasteiger partial charge >= 0.3 is 0 Å². The number of carbonyl (C=O) groups excluding carboxylic acids is 2. The fourth-order valence-electron chi connectivity index (χ4n) is 2.85. The molecule has 1 saturated heterocycles. The van der Waals surface area contributed by atoms with Crippen molar-refractivity contribution in [3.05, 3.63) is 29.1 Å². The summed E-state index contributed by atoms with van der Waals surface area (Å²) < 4.78 is 14.1. The number of amides is 1. The number of hydrogen-bond donors (Lipinski definition) is 2. The van der Waals surface area contributed by atoms with E-state index >= 15 is 0 Å². The highest BCUT2D eigenvalue weighted by atomic mass is 19.1. The monoisotopic (exact) mass is 276 g/mol. The third-order valence-corrected chi connectivity index (χ3v) is 3.98. The summed E-state index contributed by atoms with van der Waals surface area (Å²) in [6.07, 6.45) is 3.74. The predicted molar refractivity (Wildman–Crippen MR) is 73.3 cm³/mol. The van der Waals surface area contributed by atoms with Gasteiger partial charge in [-0.15, -0.1) is 0 Å². The average molecular weight is 276 g/mol. The Labute approximate surface area is 116 Å². The Hall–Kier alpha value is -1.75. The fourth-order valence-corrected chi connectivity index (χ4v) is 2.85. The van der Waals surface area contributed by atoms with E-state index in [2.05, 4.69) is 10.6 Å². The van der Waals surface area contributed by atoms with Crippen molar-refractivity contribution < 1.29 is 14.0 Å². The molecule has 1 unspecified atom stereocenters. The van der Waals surface area contributed by atoms with Crippen LogP contribution in [0.5, 0.6) is 0 Å². The smallest absolute Gasteiger partial charge is 0.224 e. The SMILES string of the molecule is O=C1CCc2cc(C(=O)C3CCCCN3)c(F)cc2N1. The van der Waals surface area contributed by atoms with Crippen molar-refractivity contribution in [2.24, 2.45) is 0 Å². The number of piperidine rings is 1. The summed E-state index contributed by atoms with van der Waals surface area (Å²) in [6, 6.07) is 2.58. The molecule has 0 saturated carbocycles. The summed E-state index contributed by atoms with van der Waals surface area (Å²) in [5.41, 5.74) is 1.47. The van der Waals surface area contributed by atoms with Crippen LogP contribution in [0.4, 0.5) is 10.1 Å². The lowest BCUT2D eigenvalue weighted by atomic mass is 9.93. The molecule has 0 aliphatic carbocycles. The molecule has 1 amide bonds. The molecule has 2 heterocycles. The van der Waals surface area contributed by atoms with Crippen LogP contribution in [0.1, 0.15) is 41.6 Å². The highest BCUT2D eigenvalue weighted by Crippen LogP contribution is 2.27. The van der Waals surface area contributed by atoms with E-state index in [1.165, 1.54) is 6.07 Å². The van der Waals surface area contributed by atoms with Gasteiger partial charge in [0.1, 0.15) is 5.82 Å². The molecule has 4 nitrogen and oxygen atoms in total. The summed E-state index contributed by atoms with van der Waals surface area (Å²) in [5, 5.41) is 5.79. The van der Waals surface area contributed by atoms with Gasteiger partial charge in [0.15, 0.2) is 5.78 Å². The van der Waals surface area contributed by atoms with Gasteiger partial charge in [-0.1, -0.05) is 6.42 Å². The van der Waals surface area contributed by atoms with E-state index in [0.29, 0.717) is 18.5 Å². The van der Waals surface area contributed by atoms with Gasteiger partial charge in [-0.25, -0.2) is 4.39 Å². The standard InChI is InChI=1S/C15H17FN2O2/c16-11-8-13-9(4-5-14(19)18-13)7-10(11)15(20)12-3-1-2-6-17-12/h7-8,12,17H,1-6H2,(H,18,19). The number of anilines is 1. The fraction of sp³-hybridized carbons (Fsp3) is 0.467. The number of nitrogens with one attached hydrogen (secondary N) is 2. The zero-order valence-electron chi connectivity index (χ0n) is 11.2. The van der Waals surface area contributed by atoms with Gasteiger partial charge in [0, 0.05) is 12.1 Å². The van der Waals surface area contributed by atoms with Crippen molar-refractivity contribution in [3.8, 4) is 0 Å². The van der Waals surface area contributed by atoms with Crippen molar-refractivity contribution in [1.82, 2.24) is 5.32 Å². The maximum absolute atomic E-state index is 14.1. The Morgan fingerprint density at radius 1 is 1.25 bits per heavy atom. The Morgan fingerprint density at radius 3 is 2.85 bits per heavy atom. The first kappa shape index (κ1) is 13.2. The second-order valence-corrected chi connectivity index (χ2v) is 5.40. The summed E-state index contributed by atoms with van der Waals surface area (Å²) >= 11 is 0. The minimum atomic E-state index is -0.552. The summed E-state index contributed by atoms with van der Waals surface area (Å²) in [7, 11) is 0. The van der Waals surface area contributed by atoms with Gasteiger partial charge in [0.25, 0.3) is 0 Å². The lowest BCUT2D eigenvalue weighted by Crippen LogP contribution is -2.40. The van der Waals surface area contributed by atoms with E-state index in [1.807, 2.05) is 0 Å². The molecule has 1 atom stereocenters. The van der Waals surface area contributed by atoms with Crippen molar-refractivity contribution in [3.63, 3.8) is 0 Å². The Morgan fingerprint density at radius 2 is 2.10 bits per heavy atom. The summed E-state index contributed by atoms with van der Waals surface area (Å²) in [6.45, 7) is 0.805. The Kier molecular flexibility index (Phi) is 3.53. The molecular weight excluding hydrogens is 259 g/mol. The number of hydrogen-bond acceptors (Lipinski definition) is 3. The van der Waals surface area contributed by atoms with Crippen LogP contribution in [0.15, 0.2) is 12.1 Å². The van der Waals surface area contributed by atoms with Gasteiger partial charge in [0.2, 0.25) is 5.91 Å². The zero-order chi connectivity index (χ0) is 14.1. The molecule has 2 N–H and O–H groups in total. The summed E-state index contributed by atoms with van der Waals surface area (Å²) in [5.74, 6) is -0.838. The van der Waals surface area contributed by atoms with Crippen molar-refractivity contribution in [2.45, 2.75) is 38.1 Å². The molecule has 106 valence electrons. The largest absolute Gasteiger partial charge is 0.326 e. The highest BCUT2D eigenvalue weighted by molar-refractivity contribution is 6.02. The zero-order valence-corrected chi connectivity index (χ0v) is 11.2. The number of aryl methyl sites for hydroxylation is 1. The van der Waals surface area contributed by atoms with Crippen LogP contribution >= 0.6 is 0 Å². The third kappa shape index (κ3) is 2.45. The van der Waals surface area contributed by atoms with Crippen LogP contribution in [0.25, 0.3) is 0 Å². The normalized spacial score (nSPS) is 22.1. The van der Waals surface area contributed by atoms with Crippen molar-refractivity contribution in [1.29, 1.82) is 0 Å². The number of Topliss-reactive ketones (excluding diaryl/α,β-unsaturated/α-hetero) is 1. The molecule has 1 aromatic rings. The van der Waals surface area contributed by atoms with Gasteiger partial charge in [-0.3, -0.25) is 9.59 Å². The molecule has 1 aromatic carbocycles. The van der Waals surface area contributed by atoms with Gasteiger partial charge < -0.3 is 10.6 Å². The number of ketones is 1. The number of benzene rings is 1. The Bertz CT molecular complexity index is 565. The molecule has 2 aliphatic heterocycles. The summed E-state index contributed by atoms with van der Waals surface area (Å²) in [4.78, 5) is 23.7. The van der Waals surface area contributed by atoms with Gasteiger partial charge in [0.05, 0.1) is 11.6 Å². The lowest BCUT2D eigenvalue weighted by Gasteiger charge is -2.23. The molecule has 0 radical (unpaired) electrons. The van der Waals surface area contributed by atoms with E-state index in [9.17, 15) is 14.0 Å². The first-order chi connectivity index (χ1) is 9.65. The minimum absolute atomic E-state index is 0.107. The number of rotatable bonds is 2. The van der Waals surface area contributed by atoms with Crippen molar-refractivity contribution >= 4 is 17.4 Å². The first-order valence-electron chi connectivity index (χ1n) is 7.05. The maximum atomic E-state index is 14.1. The predicted octanol–water partition coefficient (Wildman–Crippen LogP) is 2.04. The van der Waals surface area contributed by atoms with Crippen LogP contribution in [0, 0.1) is 5.82 Å². The van der Waals surface area contributed by atoms with E-state index in [4.69, 9.17) is 0 Å². The number of carbonyl (C=O) groups is 2. The van der Waals surface area contributed by atoms with Crippen LogP contribution in [0.2, 0.25) is 0 Å². The van der Waals surface area contributed by atoms with Gasteiger partial charge in [-0.2, -0.15) is 0 Å². The van der Waals surface area contributed by atoms with Crippen LogP contribution < -0.4 is 10.6 Å². The molecule has 20 heavy (non-hydrogen) atoms. The minimum Gasteiger partial charge on any atom is -0.326 e. The second kappa shape index (κ2) is 5.32. The van der Waals surface area contributed by atoms with E-state index in [1.54, 1.807) is 6.07 Å². The maximum Gasteiger partial charge on any atom is 0.224 e. The molecule has 1 fully saturated rings. The first-order valence-corrected chi connectivity index (χ1v) is 7.05. The second-order valence-electron chi connectivity index (χ2n) is 5.40.